The molecule has 0 spiro atoms. The fourth-order valence-electron chi connectivity index (χ4n) is 0.726. The Hall–Kier alpha value is -0.790. The number of aldehydes is 1. The quantitative estimate of drug-likeness (QED) is 0.477. The van der Waals surface area contributed by atoms with E-state index in [0.29, 0.717) is 0 Å². The molecule has 0 fully saturated rings. The van der Waals surface area contributed by atoms with Crippen LogP contribution in [-0.4, -0.2) is 6.29 Å². The standard InChI is InChI=1S/C8H15NO/c1-4-7(5-10)8(9)6(2)3/h5-6H,4,9H2,1-3H3/b8-7-. The zero-order chi connectivity index (χ0) is 8.15. The molecule has 0 unspecified atom stereocenters. The third-order valence-electron chi connectivity index (χ3n) is 1.52. The van der Waals surface area contributed by atoms with Crippen LogP contribution in [-0.2, 0) is 4.79 Å². The van der Waals surface area contributed by atoms with Gasteiger partial charge in [0.1, 0.15) is 6.29 Å². The van der Waals surface area contributed by atoms with Gasteiger partial charge in [-0.3, -0.25) is 4.79 Å². The molecule has 0 aromatic heterocycles. The van der Waals surface area contributed by atoms with Gasteiger partial charge in [0.2, 0.25) is 0 Å². The molecule has 0 saturated heterocycles. The molecule has 0 saturated carbocycles. The number of rotatable bonds is 3. The first-order valence-corrected chi connectivity index (χ1v) is 3.57. The van der Waals surface area contributed by atoms with Crippen LogP contribution in [0.1, 0.15) is 27.2 Å². The summed E-state index contributed by atoms with van der Waals surface area (Å²) in [6.07, 6.45) is 1.57. The number of carbonyl (C=O) groups excluding carboxylic acids is 1. The highest BCUT2D eigenvalue weighted by Gasteiger charge is 2.03. The van der Waals surface area contributed by atoms with E-state index in [9.17, 15) is 4.79 Å². The SMILES string of the molecule is CC/C(C=O)=C(/N)C(C)C. The van der Waals surface area contributed by atoms with Crippen molar-refractivity contribution in [1.29, 1.82) is 0 Å². The zero-order valence-electron chi connectivity index (χ0n) is 6.85. The minimum absolute atomic E-state index is 0.278. The second-order valence-corrected chi connectivity index (χ2v) is 2.61. The first kappa shape index (κ1) is 9.21. The summed E-state index contributed by atoms with van der Waals surface area (Å²) in [4.78, 5) is 10.3. The summed E-state index contributed by atoms with van der Waals surface area (Å²) < 4.78 is 0. The van der Waals surface area contributed by atoms with Crippen LogP contribution in [0.2, 0.25) is 0 Å². The first-order chi connectivity index (χ1) is 4.63. The molecule has 0 atom stereocenters. The van der Waals surface area contributed by atoms with Crippen LogP contribution in [0, 0.1) is 5.92 Å². The lowest BCUT2D eigenvalue weighted by molar-refractivity contribution is -0.105. The minimum Gasteiger partial charge on any atom is -0.402 e. The van der Waals surface area contributed by atoms with Gasteiger partial charge in [-0.1, -0.05) is 20.8 Å². The molecule has 0 aromatic carbocycles. The molecule has 0 aliphatic heterocycles. The summed E-state index contributed by atoms with van der Waals surface area (Å²) in [6, 6.07) is 0. The van der Waals surface area contributed by atoms with Gasteiger partial charge >= 0.3 is 0 Å². The van der Waals surface area contributed by atoms with Crippen molar-refractivity contribution >= 4 is 6.29 Å². The van der Waals surface area contributed by atoms with E-state index in [1.807, 2.05) is 20.8 Å². The maximum atomic E-state index is 10.3. The van der Waals surface area contributed by atoms with Crippen LogP contribution in [0.25, 0.3) is 0 Å². The summed E-state index contributed by atoms with van der Waals surface area (Å²) in [5, 5.41) is 0. The molecule has 0 aromatic rings. The lowest BCUT2D eigenvalue weighted by atomic mass is 10.0. The summed E-state index contributed by atoms with van der Waals surface area (Å²) in [6.45, 7) is 5.89. The monoisotopic (exact) mass is 141 g/mol. The van der Waals surface area contributed by atoms with Gasteiger partial charge in [0.25, 0.3) is 0 Å². The average Bonchev–Trinajstić information content (AvgIpc) is 1.90. The van der Waals surface area contributed by atoms with Gasteiger partial charge in [-0.25, -0.2) is 0 Å². The second-order valence-electron chi connectivity index (χ2n) is 2.61. The molecular weight excluding hydrogens is 126 g/mol. The smallest absolute Gasteiger partial charge is 0.147 e. The molecule has 10 heavy (non-hydrogen) atoms. The van der Waals surface area contributed by atoms with Crippen molar-refractivity contribution in [1.82, 2.24) is 0 Å². The van der Waals surface area contributed by atoms with E-state index in [4.69, 9.17) is 5.73 Å². The van der Waals surface area contributed by atoms with Gasteiger partial charge in [0, 0.05) is 11.3 Å². The van der Waals surface area contributed by atoms with Crippen LogP contribution >= 0.6 is 0 Å². The Morgan fingerprint density at radius 2 is 2.10 bits per heavy atom. The molecule has 0 radical (unpaired) electrons. The Bertz CT molecular complexity index is 147. The summed E-state index contributed by atoms with van der Waals surface area (Å²) in [5.41, 5.74) is 7.08. The average molecular weight is 141 g/mol. The van der Waals surface area contributed by atoms with Gasteiger partial charge in [0.05, 0.1) is 0 Å². The van der Waals surface area contributed by atoms with Crippen molar-refractivity contribution in [3.05, 3.63) is 11.3 Å². The lowest BCUT2D eigenvalue weighted by Gasteiger charge is -2.07. The Balaban J connectivity index is 4.42. The van der Waals surface area contributed by atoms with Crippen LogP contribution in [0.5, 0.6) is 0 Å². The Morgan fingerprint density at radius 1 is 1.60 bits per heavy atom. The van der Waals surface area contributed by atoms with E-state index in [0.717, 1.165) is 24.0 Å². The molecule has 0 bridgehead atoms. The van der Waals surface area contributed by atoms with E-state index in [1.54, 1.807) is 0 Å². The summed E-state index contributed by atoms with van der Waals surface area (Å²) in [5.74, 6) is 0.278. The largest absolute Gasteiger partial charge is 0.402 e. The van der Waals surface area contributed by atoms with E-state index < -0.39 is 0 Å². The van der Waals surface area contributed by atoms with Gasteiger partial charge < -0.3 is 5.73 Å². The molecule has 0 amide bonds. The molecule has 0 rings (SSSR count). The second kappa shape index (κ2) is 4.09. The predicted octanol–water partition coefficient (Wildman–Crippen LogP) is 1.46. The van der Waals surface area contributed by atoms with Crippen molar-refractivity contribution in [2.75, 3.05) is 0 Å². The van der Waals surface area contributed by atoms with Gasteiger partial charge in [-0.2, -0.15) is 0 Å². The van der Waals surface area contributed by atoms with Crippen molar-refractivity contribution < 1.29 is 4.79 Å². The van der Waals surface area contributed by atoms with Crippen molar-refractivity contribution in [2.45, 2.75) is 27.2 Å². The third kappa shape index (κ3) is 2.21. The molecule has 2 N–H and O–H groups in total. The minimum atomic E-state index is 0.278. The summed E-state index contributed by atoms with van der Waals surface area (Å²) in [7, 11) is 0. The Morgan fingerprint density at radius 3 is 2.20 bits per heavy atom. The van der Waals surface area contributed by atoms with Gasteiger partial charge in [-0.05, 0) is 12.3 Å². The van der Waals surface area contributed by atoms with E-state index in [1.165, 1.54) is 0 Å². The van der Waals surface area contributed by atoms with Gasteiger partial charge in [0.15, 0.2) is 0 Å². The number of hydrogen-bond donors (Lipinski definition) is 1. The third-order valence-corrected chi connectivity index (χ3v) is 1.52. The topological polar surface area (TPSA) is 43.1 Å². The van der Waals surface area contributed by atoms with Crippen LogP contribution in [0.4, 0.5) is 0 Å². The van der Waals surface area contributed by atoms with Crippen LogP contribution < -0.4 is 5.73 Å². The molecule has 2 nitrogen and oxygen atoms in total. The molecule has 0 heterocycles. The Labute approximate surface area is 62.1 Å². The van der Waals surface area contributed by atoms with E-state index >= 15 is 0 Å². The highest BCUT2D eigenvalue weighted by atomic mass is 16.1. The number of nitrogens with two attached hydrogens (primary N) is 1. The summed E-state index contributed by atoms with van der Waals surface area (Å²) >= 11 is 0. The normalized spacial score (nSPS) is 13.2. The fourth-order valence-corrected chi connectivity index (χ4v) is 0.726. The van der Waals surface area contributed by atoms with Crippen molar-refractivity contribution in [2.24, 2.45) is 11.7 Å². The van der Waals surface area contributed by atoms with Gasteiger partial charge in [-0.15, -0.1) is 0 Å². The number of carbonyl (C=O) groups is 1. The molecule has 0 aliphatic carbocycles. The van der Waals surface area contributed by atoms with Crippen molar-refractivity contribution in [3.8, 4) is 0 Å². The number of hydrogen-bond acceptors (Lipinski definition) is 2. The fraction of sp³-hybridized carbons (Fsp3) is 0.625. The Kier molecular flexibility index (Phi) is 3.77. The highest BCUT2D eigenvalue weighted by molar-refractivity contribution is 5.74. The number of allylic oxidation sites excluding steroid dienone is 2. The maximum absolute atomic E-state index is 10.3. The van der Waals surface area contributed by atoms with Crippen molar-refractivity contribution in [3.63, 3.8) is 0 Å². The maximum Gasteiger partial charge on any atom is 0.147 e. The predicted molar refractivity (Wildman–Crippen MR) is 42.4 cm³/mol. The van der Waals surface area contributed by atoms with E-state index in [-0.39, 0.29) is 5.92 Å². The first-order valence-electron chi connectivity index (χ1n) is 3.57. The molecule has 0 aliphatic rings. The highest BCUT2D eigenvalue weighted by Crippen LogP contribution is 2.09. The lowest BCUT2D eigenvalue weighted by Crippen LogP contribution is -2.09. The molecular formula is C8H15NO. The zero-order valence-corrected chi connectivity index (χ0v) is 6.85. The van der Waals surface area contributed by atoms with Crippen LogP contribution in [0.15, 0.2) is 11.3 Å². The molecule has 2 heteroatoms. The molecule has 58 valence electrons. The van der Waals surface area contributed by atoms with E-state index in [2.05, 4.69) is 0 Å². The van der Waals surface area contributed by atoms with Crippen LogP contribution in [0.3, 0.4) is 0 Å².